The predicted molar refractivity (Wildman–Crippen MR) is 98.6 cm³/mol. The van der Waals surface area contributed by atoms with E-state index in [1.807, 2.05) is 31.3 Å². The molecule has 1 atom stereocenters. The zero-order chi connectivity index (χ0) is 17.2. The van der Waals surface area contributed by atoms with E-state index in [0.29, 0.717) is 5.92 Å². The van der Waals surface area contributed by atoms with Gasteiger partial charge in [-0.1, -0.05) is 23.7 Å². The summed E-state index contributed by atoms with van der Waals surface area (Å²) in [4.78, 5) is 6.43. The molecule has 0 amide bonds. The number of guanidine groups is 1. The van der Waals surface area contributed by atoms with Gasteiger partial charge in [0.1, 0.15) is 0 Å². The minimum Gasteiger partial charge on any atom is -0.381 e. The van der Waals surface area contributed by atoms with Crippen LogP contribution in [0.25, 0.3) is 0 Å². The molecule has 1 unspecified atom stereocenters. The first-order valence-electron chi connectivity index (χ1n) is 8.50. The first kappa shape index (κ1) is 19.0. The Morgan fingerprint density at radius 2 is 2.21 bits per heavy atom. The minimum absolute atomic E-state index is 0.580. The highest BCUT2D eigenvalue weighted by molar-refractivity contribution is 6.30. The summed E-state index contributed by atoms with van der Waals surface area (Å²) in [6.07, 6.45) is 2.09. The maximum absolute atomic E-state index is 5.92. The summed E-state index contributed by atoms with van der Waals surface area (Å²) in [6.45, 7) is 4.94. The van der Waals surface area contributed by atoms with Crippen molar-refractivity contribution < 1.29 is 9.47 Å². The maximum Gasteiger partial charge on any atom is 0.193 e. The third-order valence-corrected chi connectivity index (χ3v) is 4.28. The number of aliphatic imine (C=N–C) groups is 1. The minimum atomic E-state index is 0.580. The fourth-order valence-electron chi connectivity index (χ4n) is 2.66. The molecule has 1 aliphatic rings. The zero-order valence-electron chi connectivity index (χ0n) is 14.6. The van der Waals surface area contributed by atoms with Crippen molar-refractivity contribution in [2.75, 3.05) is 47.1 Å². The number of hydrogen-bond donors (Lipinski definition) is 1. The van der Waals surface area contributed by atoms with Crippen LogP contribution in [-0.4, -0.2) is 57.9 Å². The van der Waals surface area contributed by atoms with Gasteiger partial charge in [-0.15, -0.1) is 0 Å². The zero-order valence-corrected chi connectivity index (χ0v) is 15.4. The van der Waals surface area contributed by atoms with Gasteiger partial charge in [0.25, 0.3) is 0 Å². The molecule has 0 bridgehead atoms. The SMILES string of the molecule is CN=C(NCCCOCC1CCOC1)N(C)Cc1ccc(Cl)cc1. The summed E-state index contributed by atoms with van der Waals surface area (Å²) >= 11 is 5.92. The average Bonchev–Trinajstić information content (AvgIpc) is 3.09. The van der Waals surface area contributed by atoms with Gasteiger partial charge in [0.05, 0.1) is 13.2 Å². The van der Waals surface area contributed by atoms with Crippen molar-refractivity contribution in [3.8, 4) is 0 Å². The van der Waals surface area contributed by atoms with Crippen LogP contribution in [-0.2, 0) is 16.0 Å². The standard InChI is InChI=1S/C18H28ClN3O2/c1-20-18(22(2)12-15-4-6-17(19)7-5-15)21-9-3-10-23-13-16-8-11-24-14-16/h4-7,16H,3,8-14H2,1-2H3,(H,20,21). The molecule has 1 fully saturated rings. The second kappa shape index (κ2) is 10.5. The van der Waals surface area contributed by atoms with Gasteiger partial charge in [0, 0.05) is 51.3 Å². The van der Waals surface area contributed by atoms with Crippen molar-refractivity contribution in [3.63, 3.8) is 0 Å². The van der Waals surface area contributed by atoms with Crippen LogP contribution in [0.5, 0.6) is 0 Å². The van der Waals surface area contributed by atoms with Crippen molar-refractivity contribution >= 4 is 17.6 Å². The Hall–Kier alpha value is -1.30. The molecule has 0 spiro atoms. The molecule has 0 radical (unpaired) electrons. The van der Waals surface area contributed by atoms with E-state index in [1.165, 1.54) is 5.56 Å². The lowest BCUT2D eigenvalue weighted by Gasteiger charge is -2.22. The highest BCUT2D eigenvalue weighted by Gasteiger charge is 2.15. The van der Waals surface area contributed by atoms with Gasteiger partial charge in [-0.3, -0.25) is 4.99 Å². The van der Waals surface area contributed by atoms with E-state index in [0.717, 1.165) is 63.3 Å². The van der Waals surface area contributed by atoms with Gasteiger partial charge in [0.2, 0.25) is 0 Å². The topological polar surface area (TPSA) is 46.1 Å². The molecule has 1 aromatic carbocycles. The number of benzene rings is 1. The Morgan fingerprint density at radius 1 is 1.42 bits per heavy atom. The van der Waals surface area contributed by atoms with Crippen LogP contribution in [0.3, 0.4) is 0 Å². The maximum atomic E-state index is 5.92. The lowest BCUT2D eigenvalue weighted by molar-refractivity contribution is 0.0887. The average molecular weight is 354 g/mol. The number of halogens is 1. The Kier molecular flexibility index (Phi) is 8.36. The van der Waals surface area contributed by atoms with Crippen LogP contribution in [0.15, 0.2) is 29.3 Å². The molecule has 0 aliphatic carbocycles. The summed E-state index contributed by atoms with van der Waals surface area (Å²) in [5, 5.41) is 4.13. The number of nitrogens with zero attached hydrogens (tertiary/aromatic N) is 2. The fourth-order valence-corrected chi connectivity index (χ4v) is 2.79. The van der Waals surface area contributed by atoms with Crippen LogP contribution in [0.2, 0.25) is 5.02 Å². The quantitative estimate of drug-likeness (QED) is 0.443. The van der Waals surface area contributed by atoms with Crippen LogP contribution in [0.4, 0.5) is 0 Å². The number of ether oxygens (including phenoxy) is 2. The normalized spacial score (nSPS) is 18.0. The predicted octanol–water partition coefficient (Wildman–Crippen LogP) is 2.79. The first-order chi connectivity index (χ1) is 11.7. The molecule has 24 heavy (non-hydrogen) atoms. The second-order valence-electron chi connectivity index (χ2n) is 6.11. The van der Waals surface area contributed by atoms with E-state index >= 15 is 0 Å². The molecule has 1 N–H and O–H groups in total. The fraction of sp³-hybridized carbons (Fsp3) is 0.611. The van der Waals surface area contributed by atoms with Crippen molar-refractivity contribution in [1.29, 1.82) is 0 Å². The smallest absolute Gasteiger partial charge is 0.193 e. The van der Waals surface area contributed by atoms with E-state index in [4.69, 9.17) is 21.1 Å². The van der Waals surface area contributed by atoms with E-state index in [9.17, 15) is 0 Å². The first-order valence-corrected chi connectivity index (χ1v) is 8.88. The third-order valence-electron chi connectivity index (χ3n) is 4.03. The molecule has 1 aromatic rings. The highest BCUT2D eigenvalue weighted by Crippen LogP contribution is 2.12. The molecule has 5 nitrogen and oxygen atoms in total. The van der Waals surface area contributed by atoms with Gasteiger partial charge < -0.3 is 19.7 Å². The lowest BCUT2D eigenvalue weighted by Crippen LogP contribution is -2.39. The number of rotatable bonds is 8. The van der Waals surface area contributed by atoms with Gasteiger partial charge >= 0.3 is 0 Å². The molecule has 0 saturated carbocycles. The molecular weight excluding hydrogens is 326 g/mol. The summed E-state index contributed by atoms with van der Waals surface area (Å²) in [7, 11) is 3.83. The molecule has 6 heteroatoms. The second-order valence-corrected chi connectivity index (χ2v) is 6.55. The molecule has 0 aromatic heterocycles. The van der Waals surface area contributed by atoms with Gasteiger partial charge in [0.15, 0.2) is 5.96 Å². The third kappa shape index (κ3) is 6.67. The molecular formula is C18H28ClN3O2. The van der Waals surface area contributed by atoms with Crippen LogP contribution in [0.1, 0.15) is 18.4 Å². The lowest BCUT2D eigenvalue weighted by atomic mass is 10.1. The molecule has 1 aliphatic heterocycles. The number of nitrogens with one attached hydrogen (secondary N) is 1. The van der Waals surface area contributed by atoms with Crippen LogP contribution in [0, 0.1) is 5.92 Å². The largest absolute Gasteiger partial charge is 0.381 e. The van der Waals surface area contributed by atoms with Crippen LogP contribution >= 0.6 is 11.6 Å². The van der Waals surface area contributed by atoms with Gasteiger partial charge in [-0.2, -0.15) is 0 Å². The molecule has 1 heterocycles. The van der Waals surface area contributed by atoms with Crippen molar-refractivity contribution in [1.82, 2.24) is 10.2 Å². The van der Waals surface area contributed by atoms with E-state index in [-0.39, 0.29) is 0 Å². The molecule has 2 rings (SSSR count). The van der Waals surface area contributed by atoms with Gasteiger partial charge in [-0.05, 0) is 30.5 Å². The van der Waals surface area contributed by atoms with Crippen molar-refractivity contribution in [2.24, 2.45) is 10.9 Å². The van der Waals surface area contributed by atoms with Crippen LogP contribution < -0.4 is 5.32 Å². The highest BCUT2D eigenvalue weighted by atomic mass is 35.5. The van der Waals surface area contributed by atoms with E-state index in [2.05, 4.69) is 15.2 Å². The Balaban J connectivity index is 1.61. The van der Waals surface area contributed by atoms with Gasteiger partial charge in [-0.25, -0.2) is 0 Å². The van der Waals surface area contributed by atoms with Crippen molar-refractivity contribution in [2.45, 2.75) is 19.4 Å². The van der Waals surface area contributed by atoms with E-state index in [1.54, 1.807) is 7.05 Å². The Labute approximate surface area is 150 Å². The summed E-state index contributed by atoms with van der Waals surface area (Å²) in [5.41, 5.74) is 1.20. The van der Waals surface area contributed by atoms with E-state index < -0.39 is 0 Å². The van der Waals surface area contributed by atoms with Crippen molar-refractivity contribution in [3.05, 3.63) is 34.9 Å². The monoisotopic (exact) mass is 353 g/mol. The molecule has 1 saturated heterocycles. The summed E-state index contributed by atoms with van der Waals surface area (Å²) in [6, 6.07) is 7.89. The summed E-state index contributed by atoms with van der Waals surface area (Å²) in [5.74, 6) is 1.46. The Bertz CT molecular complexity index is 501. The summed E-state index contributed by atoms with van der Waals surface area (Å²) < 4.78 is 11.1. The number of hydrogen-bond acceptors (Lipinski definition) is 3. The Morgan fingerprint density at radius 3 is 2.88 bits per heavy atom. The molecule has 134 valence electrons.